The van der Waals surface area contributed by atoms with E-state index in [2.05, 4.69) is 48.5 Å². The first kappa shape index (κ1) is 15.7. The third-order valence-electron chi connectivity index (χ3n) is 3.17. The van der Waals surface area contributed by atoms with E-state index in [9.17, 15) is 0 Å². The van der Waals surface area contributed by atoms with Gasteiger partial charge in [0.2, 0.25) is 0 Å². The molecule has 2 rings (SSSR count). The molecular formula is C16H21ClN2. The number of nitrogens with two attached hydrogens (primary N) is 2. The van der Waals surface area contributed by atoms with E-state index in [1.807, 2.05) is 6.07 Å². The van der Waals surface area contributed by atoms with Gasteiger partial charge in [-0.2, -0.15) is 0 Å². The Labute approximate surface area is 121 Å². The van der Waals surface area contributed by atoms with Gasteiger partial charge < -0.3 is 11.5 Å². The fourth-order valence-electron chi connectivity index (χ4n) is 2.06. The van der Waals surface area contributed by atoms with Gasteiger partial charge in [-0.3, -0.25) is 0 Å². The maximum absolute atomic E-state index is 6.11. The van der Waals surface area contributed by atoms with Crippen LogP contribution in [0.4, 0.5) is 0 Å². The van der Waals surface area contributed by atoms with Gasteiger partial charge in [0.25, 0.3) is 0 Å². The van der Waals surface area contributed by atoms with Gasteiger partial charge in [0.1, 0.15) is 0 Å². The molecule has 2 aromatic carbocycles. The van der Waals surface area contributed by atoms with Crippen molar-refractivity contribution in [3.63, 3.8) is 0 Å². The van der Waals surface area contributed by atoms with E-state index in [-0.39, 0.29) is 18.4 Å². The first-order chi connectivity index (χ1) is 8.81. The molecule has 102 valence electrons. The Morgan fingerprint density at radius 1 is 0.842 bits per heavy atom. The Bertz CT molecular complexity index is 468. The van der Waals surface area contributed by atoms with Crippen LogP contribution >= 0.6 is 12.4 Å². The molecule has 0 aliphatic heterocycles. The highest BCUT2D eigenvalue weighted by Crippen LogP contribution is 2.22. The molecule has 0 saturated carbocycles. The summed E-state index contributed by atoms with van der Waals surface area (Å²) in [5, 5.41) is 0. The zero-order valence-corrected chi connectivity index (χ0v) is 11.8. The van der Waals surface area contributed by atoms with E-state index >= 15 is 0 Å². The Kier molecular flexibility index (Phi) is 6.57. The second kappa shape index (κ2) is 7.95. The number of hydrogen-bond donors (Lipinski definition) is 2. The van der Waals surface area contributed by atoms with E-state index in [0.29, 0.717) is 6.54 Å². The standard InChI is InChI=1S/C16H20N2.ClH/c17-12-4-7-16(18)15-10-8-14(9-11-15)13-5-2-1-3-6-13;/h1-3,5-6,8-11,16H,4,7,12,17-18H2;1H/t16-;/m0./s1. The van der Waals surface area contributed by atoms with Crippen LogP contribution < -0.4 is 11.5 Å². The lowest BCUT2D eigenvalue weighted by Crippen LogP contribution is -2.12. The monoisotopic (exact) mass is 276 g/mol. The molecule has 2 aromatic rings. The van der Waals surface area contributed by atoms with Crippen molar-refractivity contribution in [2.75, 3.05) is 6.54 Å². The van der Waals surface area contributed by atoms with Crippen LogP contribution in [0.15, 0.2) is 54.6 Å². The summed E-state index contributed by atoms with van der Waals surface area (Å²) in [6, 6.07) is 18.9. The average Bonchev–Trinajstić information content (AvgIpc) is 2.46. The van der Waals surface area contributed by atoms with Crippen LogP contribution in [-0.2, 0) is 0 Å². The maximum atomic E-state index is 6.11. The largest absolute Gasteiger partial charge is 0.330 e. The molecule has 0 bridgehead atoms. The van der Waals surface area contributed by atoms with Gasteiger partial charge in [0.15, 0.2) is 0 Å². The molecule has 0 heterocycles. The minimum atomic E-state index is 0. The molecule has 0 aliphatic rings. The molecule has 0 unspecified atom stereocenters. The van der Waals surface area contributed by atoms with Crippen molar-refractivity contribution in [2.45, 2.75) is 18.9 Å². The molecule has 0 amide bonds. The molecule has 0 radical (unpaired) electrons. The number of rotatable bonds is 5. The summed E-state index contributed by atoms with van der Waals surface area (Å²) < 4.78 is 0. The minimum absolute atomic E-state index is 0. The third kappa shape index (κ3) is 4.35. The summed E-state index contributed by atoms with van der Waals surface area (Å²) in [4.78, 5) is 0. The number of halogens is 1. The van der Waals surface area contributed by atoms with Crippen LogP contribution in [-0.4, -0.2) is 6.54 Å². The zero-order valence-electron chi connectivity index (χ0n) is 11.0. The molecule has 0 aliphatic carbocycles. The first-order valence-corrected chi connectivity index (χ1v) is 6.42. The predicted molar refractivity (Wildman–Crippen MR) is 84.3 cm³/mol. The Hall–Kier alpha value is -1.35. The van der Waals surface area contributed by atoms with Gasteiger partial charge in [0.05, 0.1) is 0 Å². The van der Waals surface area contributed by atoms with E-state index in [1.54, 1.807) is 0 Å². The topological polar surface area (TPSA) is 52.0 Å². The lowest BCUT2D eigenvalue weighted by molar-refractivity contribution is 0.618. The average molecular weight is 277 g/mol. The number of hydrogen-bond acceptors (Lipinski definition) is 2. The highest BCUT2D eigenvalue weighted by atomic mass is 35.5. The Morgan fingerprint density at radius 3 is 2.00 bits per heavy atom. The van der Waals surface area contributed by atoms with Gasteiger partial charge in [-0.1, -0.05) is 54.6 Å². The summed E-state index contributed by atoms with van der Waals surface area (Å²) >= 11 is 0. The summed E-state index contributed by atoms with van der Waals surface area (Å²) in [7, 11) is 0. The Morgan fingerprint density at radius 2 is 1.42 bits per heavy atom. The van der Waals surface area contributed by atoms with Crippen LogP contribution in [0.2, 0.25) is 0 Å². The van der Waals surface area contributed by atoms with Crippen LogP contribution in [0.25, 0.3) is 11.1 Å². The van der Waals surface area contributed by atoms with Gasteiger partial charge in [0, 0.05) is 6.04 Å². The van der Waals surface area contributed by atoms with Crippen molar-refractivity contribution in [3.05, 3.63) is 60.2 Å². The molecule has 19 heavy (non-hydrogen) atoms. The SMILES string of the molecule is Cl.NCCC[C@H](N)c1ccc(-c2ccccc2)cc1. The molecule has 0 fully saturated rings. The highest BCUT2D eigenvalue weighted by molar-refractivity contribution is 5.85. The van der Waals surface area contributed by atoms with E-state index in [4.69, 9.17) is 11.5 Å². The zero-order chi connectivity index (χ0) is 12.8. The second-order valence-electron chi connectivity index (χ2n) is 4.53. The molecule has 1 atom stereocenters. The maximum Gasteiger partial charge on any atom is 0.0295 e. The fraction of sp³-hybridized carbons (Fsp3) is 0.250. The number of benzene rings is 2. The van der Waals surface area contributed by atoms with Crippen molar-refractivity contribution >= 4 is 12.4 Å². The van der Waals surface area contributed by atoms with E-state index < -0.39 is 0 Å². The Balaban J connectivity index is 0.00000180. The summed E-state index contributed by atoms with van der Waals surface area (Å²) in [5.41, 5.74) is 15.3. The molecule has 0 spiro atoms. The van der Waals surface area contributed by atoms with Crippen molar-refractivity contribution in [2.24, 2.45) is 11.5 Å². The van der Waals surface area contributed by atoms with E-state index in [1.165, 1.54) is 16.7 Å². The lowest BCUT2D eigenvalue weighted by atomic mass is 9.99. The minimum Gasteiger partial charge on any atom is -0.330 e. The van der Waals surface area contributed by atoms with Gasteiger partial charge in [-0.05, 0) is 36.1 Å². The van der Waals surface area contributed by atoms with Crippen LogP contribution in [0.5, 0.6) is 0 Å². The highest BCUT2D eigenvalue weighted by Gasteiger charge is 2.05. The molecule has 4 N–H and O–H groups in total. The van der Waals surface area contributed by atoms with Crippen molar-refractivity contribution in [3.8, 4) is 11.1 Å². The van der Waals surface area contributed by atoms with Gasteiger partial charge in [-0.25, -0.2) is 0 Å². The lowest BCUT2D eigenvalue weighted by Gasteiger charge is -2.12. The molecular weight excluding hydrogens is 256 g/mol. The normalized spacial score (nSPS) is 11.7. The van der Waals surface area contributed by atoms with Crippen molar-refractivity contribution < 1.29 is 0 Å². The van der Waals surface area contributed by atoms with Gasteiger partial charge in [-0.15, -0.1) is 12.4 Å². The fourth-order valence-corrected chi connectivity index (χ4v) is 2.06. The predicted octanol–water partition coefficient (Wildman–Crippen LogP) is 3.51. The molecule has 0 aromatic heterocycles. The van der Waals surface area contributed by atoms with E-state index in [0.717, 1.165) is 12.8 Å². The second-order valence-corrected chi connectivity index (χ2v) is 4.53. The summed E-state index contributed by atoms with van der Waals surface area (Å²) in [6.45, 7) is 0.704. The van der Waals surface area contributed by atoms with Crippen LogP contribution in [0.1, 0.15) is 24.4 Å². The molecule has 3 heteroatoms. The molecule has 2 nitrogen and oxygen atoms in total. The van der Waals surface area contributed by atoms with Crippen LogP contribution in [0, 0.1) is 0 Å². The van der Waals surface area contributed by atoms with Crippen LogP contribution in [0.3, 0.4) is 0 Å². The van der Waals surface area contributed by atoms with Crippen molar-refractivity contribution in [1.29, 1.82) is 0 Å². The quantitative estimate of drug-likeness (QED) is 0.878. The summed E-state index contributed by atoms with van der Waals surface area (Å²) in [5.74, 6) is 0. The molecule has 0 saturated heterocycles. The van der Waals surface area contributed by atoms with Crippen molar-refractivity contribution in [1.82, 2.24) is 0 Å². The third-order valence-corrected chi connectivity index (χ3v) is 3.17. The first-order valence-electron chi connectivity index (χ1n) is 6.42. The van der Waals surface area contributed by atoms with Gasteiger partial charge >= 0.3 is 0 Å². The summed E-state index contributed by atoms with van der Waals surface area (Å²) in [6.07, 6.45) is 1.92. The smallest absolute Gasteiger partial charge is 0.0295 e.